The molecule has 0 saturated heterocycles. The number of hydrogen-bond donors (Lipinski definition) is 1. The summed E-state index contributed by atoms with van der Waals surface area (Å²) in [5.74, 6) is 0. The van der Waals surface area contributed by atoms with Crippen LogP contribution in [0.3, 0.4) is 0 Å². The van der Waals surface area contributed by atoms with Crippen molar-refractivity contribution in [3.8, 4) is 0 Å². The van der Waals surface area contributed by atoms with E-state index < -0.39 is 0 Å². The van der Waals surface area contributed by atoms with Gasteiger partial charge in [0, 0.05) is 16.1 Å². The number of rotatable bonds is 3. The van der Waals surface area contributed by atoms with E-state index in [4.69, 9.17) is 0 Å². The van der Waals surface area contributed by atoms with Gasteiger partial charge < -0.3 is 5.32 Å². The maximum atomic E-state index is 3.54. The minimum absolute atomic E-state index is 0.0366. The average Bonchev–Trinajstić information content (AvgIpc) is 2.02. The van der Waals surface area contributed by atoms with E-state index in [1.807, 2.05) is 0 Å². The Bertz CT molecular complexity index is 288. The molecule has 0 radical (unpaired) electrons. The third-order valence-corrected chi connectivity index (χ3v) is 2.74. The second-order valence-corrected chi connectivity index (χ2v) is 5.35. The third kappa shape index (κ3) is 3.10. The lowest BCUT2D eigenvalue weighted by Crippen LogP contribution is -2.40. The molecule has 2 heteroatoms. The summed E-state index contributed by atoms with van der Waals surface area (Å²) in [4.78, 5) is 0. The van der Waals surface area contributed by atoms with Crippen LogP contribution in [-0.4, -0.2) is 6.04 Å². The van der Waals surface area contributed by atoms with Crippen LogP contribution in [0.1, 0.15) is 33.3 Å². The van der Waals surface area contributed by atoms with Crippen LogP contribution in [0.4, 0.5) is 0 Å². The first-order valence-corrected chi connectivity index (χ1v) is 5.75. The van der Waals surface area contributed by atoms with Crippen molar-refractivity contribution >= 4 is 15.9 Å². The molecule has 1 N–H and O–H groups in total. The summed E-state index contributed by atoms with van der Waals surface area (Å²) in [6.07, 6.45) is 0. The molecule has 78 valence electrons. The van der Waals surface area contributed by atoms with Crippen molar-refractivity contribution in [1.29, 1.82) is 0 Å². The third-order valence-electron chi connectivity index (χ3n) is 2.22. The topological polar surface area (TPSA) is 12.0 Å². The predicted molar refractivity (Wildman–Crippen MR) is 65.4 cm³/mol. The largest absolute Gasteiger partial charge is 0.306 e. The van der Waals surface area contributed by atoms with Gasteiger partial charge in [-0.1, -0.05) is 41.9 Å². The molecule has 0 unspecified atom stereocenters. The zero-order valence-electron chi connectivity index (χ0n) is 9.26. The van der Waals surface area contributed by atoms with Crippen molar-refractivity contribution in [2.75, 3.05) is 0 Å². The van der Waals surface area contributed by atoms with Crippen LogP contribution in [0.5, 0.6) is 0 Å². The second-order valence-electron chi connectivity index (χ2n) is 4.43. The summed E-state index contributed by atoms with van der Waals surface area (Å²) in [5.41, 5.74) is 1.35. The first kappa shape index (κ1) is 11.7. The van der Waals surface area contributed by atoms with Gasteiger partial charge >= 0.3 is 0 Å². The van der Waals surface area contributed by atoms with Crippen molar-refractivity contribution in [1.82, 2.24) is 5.32 Å². The van der Waals surface area contributed by atoms with E-state index in [0.717, 1.165) is 4.47 Å². The second kappa shape index (κ2) is 4.45. The summed E-state index contributed by atoms with van der Waals surface area (Å²) in [7, 11) is 0. The molecular weight excluding hydrogens is 238 g/mol. The molecule has 0 fully saturated rings. The van der Waals surface area contributed by atoms with Crippen LogP contribution in [-0.2, 0) is 5.54 Å². The van der Waals surface area contributed by atoms with Crippen molar-refractivity contribution in [3.63, 3.8) is 0 Å². The smallest absolute Gasteiger partial charge is 0.0379 e. The molecule has 0 heterocycles. The van der Waals surface area contributed by atoms with Crippen LogP contribution < -0.4 is 5.32 Å². The van der Waals surface area contributed by atoms with Crippen molar-refractivity contribution < 1.29 is 0 Å². The molecular formula is C12H18BrN. The molecule has 0 aromatic heterocycles. The highest BCUT2D eigenvalue weighted by molar-refractivity contribution is 9.10. The fourth-order valence-corrected chi connectivity index (χ4v) is 1.94. The summed E-state index contributed by atoms with van der Waals surface area (Å²) >= 11 is 3.44. The standard InChI is InChI=1S/C12H18BrN/c1-9(2)14-12(3,4)10-5-7-11(13)8-6-10/h5-9,14H,1-4H3. The van der Waals surface area contributed by atoms with Gasteiger partial charge in [-0.05, 0) is 31.5 Å². The van der Waals surface area contributed by atoms with Gasteiger partial charge in [-0.15, -0.1) is 0 Å². The number of nitrogens with one attached hydrogen (secondary N) is 1. The van der Waals surface area contributed by atoms with E-state index in [1.165, 1.54) is 5.56 Å². The van der Waals surface area contributed by atoms with E-state index in [-0.39, 0.29) is 5.54 Å². The Morgan fingerprint density at radius 2 is 1.64 bits per heavy atom. The molecule has 1 nitrogen and oxygen atoms in total. The highest BCUT2D eigenvalue weighted by Crippen LogP contribution is 2.22. The summed E-state index contributed by atoms with van der Waals surface area (Å²) in [5, 5.41) is 3.54. The Labute approximate surface area is 95.0 Å². The molecule has 0 amide bonds. The quantitative estimate of drug-likeness (QED) is 0.869. The number of halogens is 1. The lowest BCUT2D eigenvalue weighted by molar-refractivity contribution is 0.365. The maximum Gasteiger partial charge on any atom is 0.0379 e. The van der Waals surface area contributed by atoms with Gasteiger partial charge in [0.1, 0.15) is 0 Å². The summed E-state index contributed by atoms with van der Waals surface area (Å²) in [6.45, 7) is 8.74. The van der Waals surface area contributed by atoms with E-state index in [1.54, 1.807) is 0 Å². The van der Waals surface area contributed by atoms with E-state index in [9.17, 15) is 0 Å². The lowest BCUT2D eigenvalue weighted by atomic mass is 9.93. The predicted octanol–water partition coefficient (Wildman–Crippen LogP) is 3.68. The Balaban J connectivity index is 2.86. The van der Waals surface area contributed by atoms with Gasteiger partial charge in [0.25, 0.3) is 0 Å². The molecule has 1 rings (SSSR count). The van der Waals surface area contributed by atoms with Crippen molar-refractivity contribution in [2.24, 2.45) is 0 Å². The first-order valence-electron chi connectivity index (χ1n) is 4.95. The molecule has 14 heavy (non-hydrogen) atoms. The maximum absolute atomic E-state index is 3.54. The van der Waals surface area contributed by atoms with Crippen LogP contribution >= 0.6 is 15.9 Å². The molecule has 0 bridgehead atoms. The average molecular weight is 256 g/mol. The minimum Gasteiger partial charge on any atom is -0.306 e. The van der Waals surface area contributed by atoms with Crippen molar-refractivity contribution in [2.45, 2.75) is 39.3 Å². The molecule has 1 aromatic carbocycles. The fourth-order valence-electron chi connectivity index (χ4n) is 1.67. The molecule has 0 aliphatic carbocycles. The monoisotopic (exact) mass is 255 g/mol. The van der Waals surface area contributed by atoms with E-state index >= 15 is 0 Å². The Morgan fingerprint density at radius 3 is 2.07 bits per heavy atom. The molecule has 0 atom stereocenters. The Kier molecular flexibility index (Phi) is 3.73. The van der Waals surface area contributed by atoms with Crippen LogP contribution in [0.15, 0.2) is 28.7 Å². The number of hydrogen-bond acceptors (Lipinski definition) is 1. The first-order chi connectivity index (χ1) is 6.42. The van der Waals surface area contributed by atoms with Crippen LogP contribution in [0, 0.1) is 0 Å². The van der Waals surface area contributed by atoms with E-state index in [0.29, 0.717) is 6.04 Å². The molecule has 1 aromatic rings. The summed E-state index contributed by atoms with van der Waals surface area (Å²) < 4.78 is 1.13. The highest BCUT2D eigenvalue weighted by Gasteiger charge is 2.20. The minimum atomic E-state index is 0.0366. The van der Waals surface area contributed by atoms with Crippen molar-refractivity contribution in [3.05, 3.63) is 34.3 Å². The Morgan fingerprint density at radius 1 is 1.14 bits per heavy atom. The lowest BCUT2D eigenvalue weighted by Gasteiger charge is -2.29. The Hall–Kier alpha value is -0.340. The normalized spacial score (nSPS) is 12.1. The molecule has 0 aliphatic rings. The summed E-state index contributed by atoms with van der Waals surface area (Å²) in [6, 6.07) is 8.96. The molecule has 0 aliphatic heterocycles. The zero-order valence-corrected chi connectivity index (χ0v) is 10.9. The van der Waals surface area contributed by atoms with Gasteiger partial charge in [-0.3, -0.25) is 0 Å². The SMILES string of the molecule is CC(C)NC(C)(C)c1ccc(Br)cc1. The van der Waals surface area contributed by atoms with Gasteiger partial charge in [0.15, 0.2) is 0 Å². The van der Waals surface area contributed by atoms with E-state index in [2.05, 4.69) is 73.2 Å². The molecule has 0 spiro atoms. The fraction of sp³-hybridized carbons (Fsp3) is 0.500. The van der Waals surface area contributed by atoms with Crippen LogP contribution in [0.2, 0.25) is 0 Å². The molecule has 0 saturated carbocycles. The van der Waals surface area contributed by atoms with Gasteiger partial charge in [-0.2, -0.15) is 0 Å². The van der Waals surface area contributed by atoms with Gasteiger partial charge in [-0.25, -0.2) is 0 Å². The van der Waals surface area contributed by atoms with Gasteiger partial charge in [0.05, 0.1) is 0 Å². The van der Waals surface area contributed by atoms with Crippen LogP contribution in [0.25, 0.3) is 0 Å². The van der Waals surface area contributed by atoms with Gasteiger partial charge in [0.2, 0.25) is 0 Å². The zero-order chi connectivity index (χ0) is 10.8. The number of benzene rings is 1. The highest BCUT2D eigenvalue weighted by atomic mass is 79.9.